The lowest BCUT2D eigenvalue weighted by atomic mass is 10.1. The number of rotatable bonds is 6. The lowest BCUT2D eigenvalue weighted by Gasteiger charge is -2.11. The van der Waals surface area contributed by atoms with Crippen molar-refractivity contribution in [3.05, 3.63) is 83.7 Å². The van der Waals surface area contributed by atoms with Gasteiger partial charge in [0.1, 0.15) is 0 Å². The van der Waals surface area contributed by atoms with E-state index in [4.69, 9.17) is 4.74 Å². The molecule has 29 heavy (non-hydrogen) atoms. The standard InChI is InChI=1S/C22H19N3O4/c1-14(26)15-6-5-7-17(10-15)24-18-11-16(12-23-13-18)21(27)25-20-9-4-3-8-19(20)22(28)29-2/h3-13,24H,1-2H3,(H,25,27). The second kappa shape index (κ2) is 8.79. The zero-order chi connectivity index (χ0) is 20.8. The van der Waals surface area contributed by atoms with E-state index in [0.29, 0.717) is 28.2 Å². The van der Waals surface area contributed by atoms with Gasteiger partial charge in [-0.1, -0.05) is 24.3 Å². The van der Waals surface area contributed by atoms with E-state index in [9.17, 15) is 14.4 Å². The van der Waals surface area contributed by atoms with Crippen LogP contribution in [0, 0.1) is 0 Å². The molecule has 7 nitrogen and oxygen atoms in total. The molecular formula is C22H19N3O4. The summed E-state index contributed by atoms with van der Waals surface area (Å²) in [6.07, 6.45) is 2.99. The first-order valence-electron chi connectivity index (χ1n) is 8.79. The molecule has 2 aromatic carbocycles. The smallest absolute Gasteiger partial charge is 0.339 e. The van der Waals surface area contributed by atoms with Crippen LogP contribution in [0.3, 0.4) is 0 Å². The average molecular weight is 389 g/mol. The highest BCUT2D eigenvalue weighted by Crippen LogP contribution is 2.20. The van der Waals surface area contributed by atoms with Crippen molar-refractivity contribution in [2.75, 3.05) is 17.7 Å². The summed E-state index contributed by atoms with van der Waals surface area (Å²) in [5, 5.41) is 5.83. The molecule has 0 saturated carbocycles. The Balaban J connectivity index is 1.79. The van der Waals surface area contributed by atoms with Crippen LogP contribution in [0.5, 0.6) is 0 Å². The van der Waals surface area contributed by atoms with Crippen molar-refractivity contribution < 1.29 is 19.1 Å². The van der Waals surface area contributed by atoms with Crippen LogP contribution in [0.15, 0.2) is 67.0 Å². The van der Waals surface area contributed by atoms with E-state index >= 15 is 0 Å². The van der Waals surface area contributed by atoms with Crippen molar-refractivity contribution in [1.29, 1.82) is 0 Å². The normalized spacial score (nSPS) is 10.1. The predicted octanol–water partition coefficient (Wildman–Crippen LogP) is 4.07. The molecule has 0 aliphatic carbocycles. The van der Waals surface area contributed by atoms with Gasteiger partial charge >= 0.3 is 5.97 Å². The van der Waals surface area contributed by atoms with Crippen LogP contribution in [0.2, 0.25) is 0 Å². The van der Waals surface area contributed by atoms with Crippen molar-refractivity contribution in [3.63, 3.8) is 0 Å². The molecule has 3 rings (SSSR count). The molecule has 2 N–H and O–H groups in total. The Hall–Kier alpha value is -4.00. The van der Waals surface area contributed by atoms with Crippen molar-refractivity contribution in [2.24, 2.45) is 0 Å². The summed E-state index contributed by atoms with van der Waals surface area (Å²) in [5.74, 6) is -1.00. The molecule has 0 aliphatic rings. The number of carbonyl (C=O) groups is 3. The number of pyridine rings is 1. The molecule has 146 valence electrons. The number of hydrogen-bond donors (Lipinski definition) is 2. The van der Waals surface area contributed by atoms with Gasteiger partial charge in [0.15, 0.2) is 5.78 Å². The number of aromatic nitrogens is 1. The quantitative estimate of drug-likeness (QED) is 0.487. The zero-order valence-electron chi connectivity index (χ0n) is 15.9. The number of para-hydroxylation sites is 1. The van der Waals surface area contributed by atoms with Crippen LogP contribution in [-0.4, -0.2) is 29.8 Å². The minimum absolute atomic E-state index is 0.0378. The summed E-state index contributed by atoms with van der Waals surface area (Å²) >= 11 is 0. The summed E-state index contributed by atoms with van der Waals surface area (Å²) in [7, 11) is 1.28. The van der Waals surface area contributed by atoms with Gasteiger partial charge in [-0.15, -0.1) is 0 Å². The highest BCUT2D eigenvalue weighted by molar-refractivity contribution is 6.08. The van der Waals surface area contributed by atoms with Gasteiger partial charge in [0, 0.05) is 17.4 Å². The van der Waals surface area contributed by atoms with Gasteiger partial charge in [-0.05, 0) is 37.3 Å². The number of esters is 1. The SMILES string of the molecule is COC(=O)c1ccccc1NC(=O)c1cncc(Nc2cccc(C(C)=O)c2)c1. The maximum Gasteiger partial charge on any atom is 0.339 e. The number of nitrogens with one attached hydrogen (secondary N) is 2. The lowest BCUT2D eigenvalue weighted by Crippen LogP contribution is -2.15. The topological polar surface area (TPSA) is 97.4 Å². The molecule has 1 aromatic heterocycles. The fourth-order valence-corrected chi connectivity index (χ4v) is 2.69. The Morgan fingerprint density at radius 2 is 1.66 bits per heavy atom. The Labute approximate surface area is 167 Å². The Kier molecular flexibility index (Phi) is 5.99. The summed E-state index contributed by atoms with van der Waals surface area (Å²) in [5.41, 5.74) is 2.77. The van der Waals surface area contributed by atoms with E-state index < -0.39 is 11.9 Å². The zero-order valence-corrected chi connectivity index (χ0v) is 15.9. The second-order valence-corrected chi connectivity index (χ2v) is 6.22. The number of amides is 1. The van der Waals surface area contributed by atoms with Crippen LogP contribution in [-0.2, 0) is 4.74 Å². The fourth-order valence-electron chi connectivity index (χ4n) is 2.69. The van der Waals surface area contributed by atoms with E-state index in [0.717, 1.165) is 0 Å². The van der Waals surface area contributed by atoms with Crippen LogP contribution >= 0.6 is 0 Å². The fraction of sp³-hybridized carbons (Fsp3) is 0.0909. The molecule has 1 heterocycles. The Morgan fingerprint density at radius 3 is 2.41 bits per heavy atom. The van der Waals surface area contributed by atoms with Crippen molar-refractivity contribution in [3.8, 4) is 0 Å². The molecule has 0 aliphatic heterocycles. The van der Waals surface area contributed by atoms with Gasteiger partial charge < -0.3 is 15.4 Å². The van der Waals surface area contributed by atoms with Crippen molar-refractivity contribution in [2.45, 2.75) is 6.92 Å². The molecule has 3 aromatic rings. The Bertz CT molecular complexity index is 1080. The molecule has 0 fully saturated rings. The average Bonchev–Trinajstić information content (AvgIpc) is 2.74. The largest absolute Gasteiger partial charge is 0.465 e. The highest BCUT2D eigenvalue weighted by atomic mass is 16.5. The molecule has 0 radical (unpaired) electrons. The third kappa shape index (κ3) is 4.84. The molecular weight excluding hydrogens is 370 g/mol. The van der Waals surface area contributed by atoms with Crippen LogP contribution < -0.4 is 10.6 Å². The summed E-state index contributed by atoms with van der Waals surface area (Å²) in [6.45, 7) is 1.50. The summed E-state index contributed by atoms with van der Waals surface area (Å²) in [4.78, 5) is 40.1. The first-order valence-corrected chi connectivity index (χ1v) is 8.79. The second-order valence-electron chi connectivity index (χ2n) is 6.22. The first kappa shape index (κ1) is 19.8. The predicted molar refractivity (Wildman–Crippen MR) is 110 cm³/mol. The number of hydrogen-bond acceptors (Lipinski definition) is 6. The number of methoxy groups -OCH3 is 1. The molecule has 0 bridgehead atoms. The number of anilines is 3. The molecule has 0 saturated heterocycles. The monoisotopic (exact) mass is 389 g/mol. The molecule has 1 amide bonds. The van der Waals surface area contributed by atoms with Crippen LogP contribution in [0.4, 0.5) is 17.1 Å². The third-order valence-corrected chi connectivity index (χ3v) is 4.14. The number of benzene rings is 2. The van der Waals surface area contributed by atoms with Crippen molar-refractivity contribution >= 4 is 34.7 Å². The number of carbonyl (C=O) groups excluding carboxylic acids is 3. The summed E-state index contributed by atoms with van der Waals surface area (Å²) < 4.78 is 4.74. The van der Waals surface area contributed by atoms with Gasteiger partial charge in [-0.25, -0.2) is 4.79 Å². The number of ketones is 1. The minimum atomic E-state index is -0.542. The van der Waals surface area contributed by atoms with Gasteiger partial charge in [0.2, 0.25) is 0 Å². The number of nitrogens with zero attached hydrogens (tertiary/aromatic N) is 1. The molecule has 7 heteroatoms. The van der Waals surface area contributed by atoms with E-state index in [1.165, 1.54) is 20.2 Å². The number of Topliss-reactive ketones (excluding diaryl/α,β-unsaturated/α-hetero) is 1. The van der Waals surface area contributed by atoms with Gasteiger partial charge in [-0.2, -0.15) is 0 Å². The van der Waals surface area contributed by atoms with E-state index in [1.54, 1.807) is 54.7 Å². The maximum atomic E-state index is 12.6. The van der Waals surface area contributed by atoms with E-state index in [1.807, 2.05) is 6.07 Å². The van der Waals surface area contributed by atoms with Gasteiger partial charge in [0.05, 0.1) is 35.8 Å². The van der Waals surface area contributed by atoms with Crippen LogP contribution in [0.1, 0.15) is 38.0 Å². The lowest BCUT2D eigenvalue weighted by molar-refractivity contribution is 0.0601. The van der Waals surface area contributed by atoms with E-state index in [-0.39, 0.29) is 11.3 Å². The van der Waals surface area contributed by atoms with Gasteiger partial charge in [-0.3, -0.25) is 14.6 Å². The molecule has 0 spiro atoms. The first-order chi connectivity index (χ1) is 14.0. The van der Waals surface area contributed by atoms with Crippen LogP contribution in [0.25, 0.3) is 0 Å². The molecule has 0 unspecified atom stereocenters. The van der Waals surface area contributed by atoms with Crippen molar-refractivity contribution in [1.82, 2.24) is 4.98 Å². The minimum Gasteiger partial charge on any atom is -0.465 e. The van der Waals surface area contributed by atoms with E-state index in [2.05, 4.69) is 15.6 Å². The highest BCUT2D eigenvalue weighted by Gasteiger charge is 2.15. The number of ether oxygens (including phenoxy) is 1. The van der Waals surface area contributed by atoms with Gasteiger partial charge in [0.25, 0.3) is 5.91 Å². The Morgan fingerprint density at radius 1 is 0.897 bits per heavy atom. The molecule has 0 atom stereocenters. The third-order valence-electron chi connectivity index (χ3n) is 4.14. The maximum absolute atomic E-state index is 12.6. The summed E-state index contributed by atoms with van der Waals surface area (Å²) in [6, 6.07) is 15.2.